The standard InChI is InChI=1S/C10H17N5O2/c1-6(2)8-13-9(15-14-8)10(17)12-5-3-4-7(11)16/h6H,3-5H2,1-2H3,(H2,11,16)(H,12,17)(H,13,14,15). The topological polar surface area (TPSA) is 114 Å². The fourth-order valence-electron chi connectivity index (χ4n) is 1.18. The fraction of sp³-hybridized carbons (Fsp3) is 0.600. The van der Waals surface area contributed by atoms with E-state index in [1.807, 2.05) is 13.8 Å². The molecule has 0 radical (unpaired) electrons. The number of aromatic nitrogens is 3. The van der Waals surface area contributed by atoms with Crippen molar-refractivity contribution in [1.29, 1.82) is 0 Å². The summed E-state index contributed by atoms with van der Waals surface area (Å²) in [5.41, 5.74) is 4.98. The molecule has 0 aliphatic rings. The van der Waals surface area contributed by atoms with Crippen molar-refractivity contribution in [1.82, 2.24) is 20.5 Å². The molecular formula is C10H17N5O2. The monoisotopic (exact) mass is 239 g/mol. The van der Waals surface area contributed by atoms with Gasteiger partial charge in [-0.15, -0.1) is 5.10 Å². The number of nitrogens with one attached hydrogen (secondary N) is 2. The van der Waals surface area contributed by atoms with Crippen LogP contribution in [0.5, 0.6) is 0 Å². The minimum Gasteiger partial charge on any atom is -0.370 e. The molecule has 0 saturated carbocycles. The summed E-state index contributed by atoms with van der Waals surface area (Å²) in [6, 6.07) is 0. The molecule has 94 valence electrons. The van der Waals surface area contributed by atoms with Crippen molar-refractivity contribution < 1.29 is 9.59 Å². The summed E-state index contributed by atoms with van der Waals surface area (Å²) in [7, 11) is 0. The van der Waals surface area contributed by atoms with E-state index >= 15 is 0 Å². The lowest BCUT2D eigenvalue weighted by atomic mass is 10.2. The predicted octanol–water partition coefficient (Wildman–Crippen LogP) is -0.0766. The van der Waals surface area contributed by atoms with Gasteiger partial charge in [0.15, 0.2) is 0 Å². The van der Waals surface area contributed by atoms with E-state index in [1.165, 1.54) is 0 Å². The molecule has 17 heavy (non-hydrogen) atoms. The number of primary amides is 1. The third-order valence-electron chi connectivity index (χ3n) is 2.14. The molecule has 2 amide bonds. The number of nitrogens with zero attached hydrogens (tertiary/aromatic N) is 2. The van der Waals surface area contributed by atoms with E-state index in [-0.39, 0.29) is 30.0 Å². The zero-order valence-electron chi connectivity index (χ0n) is 9.99. The Labute approximate surface area is 99.2 Å². The molecule has 0 unspecified atom stereocenters. The Bertz CT molecular complexity index is 399. The Balaban J connectivity index is 2.39. The summed E-state index contributed by atoms with van der Waals surface area (Å²) in [6.07, 6.45) is 0.772. The number of hydrogen-bond acceptors (Lipinski definition) is 4. The third kappa shape index (κ3) is 4.21. The van der Waals surface area contributed by atoms with Crippen LogP contribution in [0.1, 0.15) is 49.1 Å². The zero-order valence-corrected chi connectivity index (χ0v) is 9.99. The van der Waals surface area contributed by atoms with Crippen molar-refractivity contribution in [2.75, 3.05) is 6.54 Å². The molecule has 1 heterocycles. The minimum atomic E-state index is -0.376. The maximum Gasteiger partial charge on any atom is 0.290 e. The smallest absolute Gasteiger partial charge is 0.290 e. The first kappa shape index (κ1) is 13.1. The average molecular weight is 239 g/mol. The Morgan fingerprint density at radius 2 is 2.18 bits per heavy atom. The van der Waals surface area contributed by atoms with Crippen molar-refractivity contribution in [3.8, 4) is 0 Å². The predicted molar refractivity (Wildman–Crippen MR) is 61.2 cm³/mol. The van der Waals surface area contributed by atoms with Gasteiger partial charge in [-0.2, -0.15) is 0 Å². The summed E-state index contributed by atoms with van der Waals surface area (Å²) in [4.78, 5) is 26.1. The molecule has 7 heteroatoms. The molecule has 0 bridgehead atoms. The number of aromatic amines is 1. The number of hydrogen-bond donors (Lipinski definition) is 3. The molecule has 0 atom stereocenters. The second kappa shape index (κ2) is 5.97. The van der Waals surface area contributed by atoms with Gasteiger partial charge in [0, 0.05) is 18.9 Å². The van der Waals surface area contributed by atoms with E-state index in [9.17, 15) is 9.59 Å². The van der Waals surface area contributed by atoms with Gasteiger partial charge in [-0.3, -0.25) is 14.7 Å². The molecule has 0 aliphatic heterocycles. The lowest BCUT2D eigenvalue weighted by molar-refractivity contribution is -0.118. The molecule has 0 aliphatic carbocycles. The molecule has 0 saturated heterocycles. The normalized spacial score (nSPS) is 10.5. The lowest BCUT2D eigenvalue weighted by Crippen LogP contribution is -2.26. The van der Waals surface area contributed by atoms with Gasteiger partial charge in [-0.1, -0.05) is 13.8 Å². The van der Waals surface area contributed by atoms with Gasteiger partial charge < -0.3 is 11.1 Å². The van der Waals surface area contributed by atoms with Crippen molar-refractivity contribution in [3.05, 3.63) is 11.6 Å². The summed E-state index contributed by atoms with van der Waals surface area (Å²) in [5.74, 6) is 0.260. The SMILES string of the molecule is CC(C)c1nc(C(=O)NCCCC(N)=O)n[nH]1. The van der Waals surface area contributed by atoms with Gasteiger partial charge in [0.1, 0.15) is 5.82 Å². The van der Waals surface area contributed by atoms with E-state index in [0.29, 0.717) is 18.8 Å². The van der Waals surface area contributed by atoms with E-state index in [1.54, 1.807) is 0 Å². The molecule has 1 rings (SSSR count). The largest absolute Gasteiger partial charge is 0.370 e. The van der Waals surface area contributed by atoms with Crippen LogP contribution >= 0.6 is 0 Å². The van der Waals surface area contributed by atoms with Crippen molar-refractivity contribution in [3.63, 3.8) is 0 Å². The van der Waals surface area contributed by atoms with Gasteiger partial charge >= 0.3 is 0 Å². The number of carbonyl (C=O) groups is 2. The number of carbonyl (C=O) groups excluding carboxylic acids is 2. The average Bonchev–Trinajstić information content (AvgIpc) is 2.73. The van der Waals surface area contributed by atoms with Crippen LogP contribution in [0.25, 0.3) is 0 Å². The molecule has 1 aromatic rings. The molecule has 0 aromatic carbocycles. The highest BCUT2D eigenvalue weighted by Crippen LogP contribution is 2.07. The highest BCUT2D eigenvalue weighted by atomic mass is 16.2. The van der Waals surface area contributed by atoms with Crippen molar-refractivity contribution in [2.24, 2.45) is 5.73 Å². The molecule has 1 aromatic heterocycles. The van der Waals surface area contributed by atoms with Crippen LogP contribution in [0, 0.1) is 0 Å². The van der Waals surface area contributed by atoms with Gasteiger partial charge in [0.05, 0.1) is 0 Å². The Morgan fingerprint density at radius 1 is 1.47 bits per heavy atom. The second-order valence-corrected chi connectivity index (χ2v) is 4.02. The summed E-state index contributed by atoms with van der Waals surface area (Å²) >= 11 is 0. The first-order chi connectivity index (χ1) is 8.00. The Kier molecular flexibility index (Phi) is 4.62. The fourth-order valence-corrected chi connectivity index (χ4v) is 1.18. The number of nitrogens with two attached hydrogens (primary N) is 1. The Morgan fingerprint density at radius 3 is 2.71 bits per heavy atom. The molecular weight excluding hydrogens is 222 g/mol. The zero-order chi connectivity index (χ0) is 12.8. The summed E-state index contributed by atoms with van der Waals surface area (Å²) < 4.78 is 0. The van der Waals surface area contributed by atoms with E-state index in [4.69, 9.17) is 5.73 Å². The van der Waals surface area contributed by atoms with E-state index in [0.717, 1.165) is 0 Å². The minimum absolute atomic E-state index is 0.118. The molecule has 4 N–H and O–H groups in total. The lowest BCUT2D eigenvalue weighted by Gasteiger charge is -2.00. The van der Waals surface area contributed by atoms with Crippen molar-refractivity contribution >= 4 is 11.8 Å². The molecule has 7 nitrogen and oxygen atoms in total. The quantitative estimate of drug-likeness (QED) is 0.602. The van der Waals surface area contributed by atoms with Crippen LogP contribution < -0.4 is 11.1 Å². The molecule has 0 fully saturated rings. The van der Waals surface area contributed by atoms with Gasteiger partial charge in [0.2, 0.25) is 11.7 Å². The number of amides is 2. The first-order valence-electron chi connectivity index (χ1n) is 5.49. The van der Waals surface area contributed by atoms with Crippen LogP contribution in [0.2, 0.25) is 0 Å². The number of H-pyrrole nitrogens is 1. The third-order valence-corrected chi connectivity index (χ3v) is 2.14. The van der Waals surface area contributed by atoms with Crippen LogP contribution in [0.3, 0.4) is 0 Å². The van der Waals surface area contributed by atoms with Gasteiger partial charge in [0.25, 0.3) is 5.91 Å². The van der Waals surface area contributed by atoms with Gasteiger partial charge in [-0.25, -0.2) is 4.98 Å². The van der Waals surface area contributed by atoms with Crippen molar-refractivity contribution in [2.45, 2.75) is 32.6 Å². The van der Waals surface area contributed by atoms with E-state index in [2.05, 4.69) is 20.5 Å². The number of rotatable bonds is 6. The highest BCUT2D eigenvalue weighted by Gasteiger charge is 2.13. The van der Waals surface area contributed by atoms with Crippen LogP contribution in [-0.2, 0) is 4.79 Å². The Hall–Kier alpha value is -1.92. The maximum atomic E-state index is 11.6. The molecule has 0 spiro atoms. The van der Waals surface area contributed by atoms with Crippen LogP contribution in [-0.4, -0.2) is 33.5 Å². The highest BCUT2D eigenvalue weighted by molar-refractivity contribution is 5.90. The summed E-state index contributed by atoms with van der Waals surface area (Å²) in [5, 5.41) is 9.12. The van der Waals surface area contributed by atoms with Gasteiger partial charge in [-0.05, 0) is 6.42 Å². The summed E-state index contributed by atoms with van der Waals surface area (Å²) in [6.45, 7) is 4.29. The van der Waals surface area contributed by atoms with Crippen LogP contribution in [0.4, 0.5) is 0 Å². The van der Waals surface area contributed by atoms with Crippen LogP contribution in [0.15, 0.2) is 0 Å². The second-order valence-electron chi connectivity index (χ2n) is 4.02. The van der Waals surface area contributed by atoms with E-state index < -0.39 is 0 Å². The first-order valence-corrected chi connectivity index (χ1v) is 5.49. The maximum absolute atomic E-state index is 11.6.